The van der Waals surface area contributed by atoms with E-state index in [1.54, 1.807) is 7.11 Å². The second-order valence-corrected chi connectivity index (χ2v) is 5.25. The molecule has 2 rings (SSSR count). The highest BCUT2D eigenvalue weighted by Crippen LogP contribution is 2.30. The smallest absolute Gasteiger partial charge is 0.0839 e. The van der Waals surface area contributed by atoms with Crippen molar-refractivity contribution in [3.63, 3.8) is 0 Å². The highest BCUT2D eigenvalue weighted by molar-refractivity contribution is 5.79. The van der Waals surface area contributed by atoms with Gasteiger partial charge in [0.05, 0.1) is 17.2 Å². The summed E-state index contributed by atoms with van der Waals surface area (Å²) in [6.45, 7) is 6.14. The summed E-state index contributed by atoms with van der Waals surface area (Å²) in [5, 5.41) is 1.12. The van der Waals surface area contributed by atoms with E-state index in [9.17, 15) is 0 Å². The monoisotopic (exact) mass is 258 g/mol. The van der Waals surface area contributed by atoms with Gasteiger partial charge in [-0.05, 0) is 44.0 Å². The normalized spacial score (nSPS) is 16.3. The summed E-state index contributed by atoms with van der Waals surface area (Å²) in [5.74, 6) is 0. The van der Waals surface area contributed by atoms with Crippen LogP contribution in [0.4, 0.5) is 0 Å². The van der Waals surface area contributed by atoms with E-state index >= 15 is 0 Å². The lowest BCUT2D eigenvalue weighted by atomic mass is 9.88. The van der Waals surface area contributed by atoms with E-state index in [-0.39, 0.29) is 11.6 Å². The Labute approximate surface area is 114 Å². The molecule has 3 nitrogen and oxygen atoms in total. The first kappa shape index (κ1) is 14.0. The van der Waals surface area contributed by atoms with Crippen LogP contribution in [-0.4, -0.2) is 17.7 Å². The Bertz CT molecular complexity index is 576. The molecule has 1 aromatic heterocycles. The maximum absolute atomic E-state index is 6.37. The van der Waals surface area contributed by atoms with E-state index in [1.807, 2.05) is 25.1 Å². The fourth-order valence-electron chi connectivity index (χ4n) is 2.28. The molecule has 1 heterocycles. The molecule has 1 aromatic carbocycles. The number of hydrogen-bond acceptors (Lipinski definition) is 3. The minimum atomic E-state index is -0.341. The Balaban J connectivity index is 2.43. The summed E-state index contributed by atoms with van der Waals surface area (Å²) < 4.78 is 5.59. The molecule has 0 aliphatic heterocycles. The molecule has 0 fully saturated rings. The molecule has 19 heavy (non-hydrogen) atoms. The Hall–Kier alpha value is -1.45. The molecule has 3 heteroatoms. The third-order valence-corrected chi connectivity index (χ3v) is 4.04. The molecule has 0 bridgehead atoms. The van der Waals surface area contributed by atoms with Crippen molar-refractivity contribution >= 4 is 10.9 Å². The third-order valence-electron chi connectivity index (χ3n) is 4.04. The van der Waals surface area contributed by atoms with Crippen LogP contribution in [-0.2, 0) is 4.74 Å². The van der Waals surface area contributed by atoms with Crippen molar-refractivity contribution in [2.75, 3.05) is 7.11 Å². The molecular formula is C16H22N2O. The lowest BCUT2D eigenvalue weighted by Crippen LogP contribution is -2.39. The molecule has 0 aliphatic carbocycles. The first-order chi connectivity index (χ1) is 9.00. The highest BCUT2D eigenvalue weighted by atomic mass is 16.5. The van der Waals surface area contributed by atoms with Crippen LogP contribution in [0, 0.1) is 6.92 Å². The molecule has 0 saturated heterocycles. The molecule has 2 atom stereocenters. The molecule has 0 saturated carbocycles. The van der Waals surface area contributed by atoms with Gasteiger partial charge < -0.3 is 10.5 Å². The zero-order valence-electron chi connectivity index (χ0n) is 12.1. The number of pyridine rings is 1. The topological polar surface area (TPSA) is 48.1 Å². The minimum Gasteiger partial charge on any atom is -0.377 e. The Morgan fingerprint density at radius 3 is 2.68 bits per heavy atom. The zero-order valence-corrected chi connectivity index (χ0v) is 12.1. The van der Waals surface area contributed by atoms with Crippen molar-refractivity contribution in [3.05, 3.63) is 41.6 Å². The van der Waals surface area contributed by atoms with E-state index in [4.69, 9.17) is 10.5 Å². The predicted molar refractivity (Wildman–Crippen MR) is 79.1 cm³/mol. The minimum absolute atomic E-state index is 0.145. The number of fused-ring (bicyclic) bond motifs is 1. The third kappa shape index (κ3) is 2.62. The second kappa shape index (κ2) is 5.27. The summed E-state index contributed by atoms with van der Waals surface area (Å²) in [6, 6.07) is 10.2. The second-order valence-electron chi connectivity index (χ2n) is 5.25. The zero-order chi connectivity index (χ0) is 14.0. The largest absolute Gasteiger partial charge is 0.377 e. The van der Waals surface area contributed by atoms with Crippen molar-refractivity contribution in [1.29, 1.82) is 0 Å². The van der Waals surface area contributed by atoms with Crippen LogP contribution in [0.15, 0.2) is 30.3 Å². The summed E-state index contributed by atoms with van der Waals surface area (Å²) in [7, 11) is 1.72. The lowest BCUT2D eigenvalue weighted by molar-refractivity contribution is -0.0194. The van der Waals surface area contributed by atoms with Gasteiger partial charge in [0.25, 0.3) is 0 Å². The van der Waals surface area contributed by atoms with E-state index < -0.39 is 0 Å². The van der Waals surface area contributed by atoms with Gasteiger partial charge in [-0.3, -0.25) is 4.98 Å². The fourth-order valence-corrected chi connectivity index (χ4v) is 2.28. The van der Waals surface area contributed by atoms with E-state index in [0.29, 0.717) is 0 Å². The molecule has 0 radical (unpaired) electrons. The van der Waals surface area contributed by atoms with Gasteiger partial charge in [-0.15, -0.1) is 0 Å². The number of benzene rings is 1. The average molecular weight is 258 g/mol. The number of ether oxygens (including phenoxy) is 1. The number of methoxy groups -OCH3 is 1. The number of aryl methyl sites for hydroxylation is 1. The van der Waals surface area contributed by atoms with Crippen LogP contribution in [0.2, 0.25) is 0 Å². The Morgan fingerprint density at radius 2 is 2.05 bits per heavy atom. The first-order valence-corrected chi connectivity index (χ1v) is 6.68. The van der Waals surface area contributed by atoms with Gasteiger partial charge in [-0.1, -0.05) is 19.1 Å². The van der Waals surface area contributed by atoms with Crippen LogP contribution in [0.3, 0.4) is 0 Å². The van der Waals surface area contributed by atoms with Crippen molar-refractivity contribution in [2.45, 2.75) is 38.8 Å². The van der Waals surface area contributed by atoms with Crippen molar-refractivity contribution < 1.29 is 4.74 Å². The van der Waals surface area contributed by atoms with Crippen LogP contribution in [0.25, 0.3) is 10.9 Å². The molecular weight excluding hydrogens is 236 g/mol. The van der Waals surface area contributed by atoms with Crippen LogP contribution >= 0.6 is 0 Å². The number of nitrogens with zero attached hydrogens (tertiary/aromatic N) is 1. The number of aromatic nitrogens is 1. The molecule has 0 spiro atoms. The van der Waals surface area contributed by atoms with Gasteiger partial charge in [0, 0.05) is 18.2 Å². The molecule has 2 aromatic rings. The number of rotatable bonds is 4. The van der Waals surface area contributed by atoms with Crippen molar-refractivity contribution in [3.8, 4) is 0 Å². The first-order valence-electron chi connectivity index (χ1n) is 6.68. The predicted octanol–water partition coefficient (Wildman–Crippen LogP) is 3.36. The molecule has 102 valence electrons. The van der Waals surface area contributed by atoms with Crippen LogP contribution < -0.4 is 5.73 Å². The average Bonchev–Trinajstić information content (AvgIpc) is 2.45. The van der Waals surface area contributed by atoms with Gasteiger partial charge in [0.1, 0.15) is 0 Å². The van der Waals surface area contributed by atoms with E-state index in [0.717, 1.165) is 28.6 Å². The molecule has 0 aliphatic rings. The van der Waals surface area contributed by atoms with E-state index in [1.165, 1.54) is 0 Å². The van der Waals surface area contributed by atoms with Crippen molar-refractivity contribution in [1.82, 2.24) is 4.98 Å². The summed E-state index contributed by atoms with van der Waals surface area (Å²) in [5.41, 5.74) is 9.15. The van der Waals surface area contributed by atoms with Crippen molar-refractivity contribution in [2.24, 2.45) is 5.73 Å². The molecule has 2 N–H and O–H groups in total. The number of nitrogens with two attached hydrogens (primary N) is 1. The molecule has 0 amide bonds. The van der Waals surface area contributed by atoms with Gasteiger partial charge in [0.2, 0.25) is 0 Å². The standard InChI is InChI=1S/C16H22N2O/c1-5-16(3,19-4)15(17)13-8-9-14-12(10-13)7-6-11(2)18-14/h6-10,15H,5,17H2,1-4H3. The van der Waals surface area contributed by atoms with Crippen LogP contribution in [0.5, 0.6) is 0 Å². The number of hydrogen-bond donors (Lipinski definition) is 1. The lowest BCUT2D eigenvalue weighted by Gasteiger charge is -2.33. The summed E-state index contributed by atoms with van der Waals surface area (Å²) in [4.78, 5) is 4.51. The maximum atomic E-state index is 6.37. The van der Waals surface area contributed by atoms with E-state index in [2.05, 4.69) is 31.0 Å². The fraction of sp³-hybridized carbons (Fsp3) is 0.438. The quantitative estimate of drug-likeness (QED) is 0.914. The SMILES string of the molecule is CCC(C)(OC)C(N)c1ccc2nc(C)ccc2c1. The highest BCUT2D eigenvalue weighted by Gasteiger charge is 2.30. The van der Waals surface area contributed by atoms with Gasteiger partial charge in [0.15, 0.2) is 0 Å². The Kier molecular flexibility index (Phi) is 3.88. The van der Waals surface area contributed by atoms with Gasteiger partial charge >= 0.3 is 0 Å². The maximum Gasteiger partial charge on any atom is 0.0839 e. The summed E-state index contributed by atoms with van der Waals surface area (Å²) in [6.07, 6.45) is 0.870. The summed E-state index contributed by atoms with van der Waals surface area (Å²) >= 11 is 0. The van der Waals surface area contributed by atoms with Gasteiger partial charge in [-0.25, -0.2) is 0 Å². The molecule has 2 unspecified atom stereocenters. The van der Waals surface area contributed by atoms with Crippen LogP contribution in [0.1, 0.15) is 37.6 Å². The van der Waals surface area contributed by atoms with Gasteiger partial charge in [-0.2, -0.15) is 0 Å². The Morgan fingerprint density at radius 1 is 1.32 bits per heavy atom.